The van der Waals surface area contributed by atoms with E-state index in [-0.39, 0.29) is 12.8 Å². The quantitative estimate of drug-likeness (QED) is 0.772. The normalized spacial score (nSPS) is 30.9. The van der Waals surface area contributed by atoms with E-state index < -0.39 is 30.0 Å². The van der Waals surface area contributed by atoms with E-state index in [1.807, 2.05) is 0 Å². The van der Waals surface area contributed by atoms with E-state index in [2.05, 4.69) is 0 Å². The van der Waals surface area contributed by atoms with Crippen molar-refractivity contribution in [1.29, 1.82) is 0 Å². The minimum absolute atomic E-state index is 0.118. The largest absolute Gasteiger partial charge is 0.479 e. The predicted octanol–water partition coefficient (Wildman–Crippen LogP) is 2.05. The van der Waals surface area contributed by atoms with Crippen molar-refractivity contribution in [2.24, 2.45) is 0 Å². The first kappa shape index (κ1) is 11.4. The Morgan fingerprint density at radius 2 is 2.00 bits per heavy atom. The number of ether oxygens (including phenoxy) is 1. The molecule has 0 spiro atoms. The van der Waals surface area contributed by atoms with Gasteiger partial charge in [-0.15, -0.1) is 0 Å². The van der Waals surface area contributed by atoms with Crippen LogP contribution in [-0.4, -0.2) is 28.7 Å². The number of hydrogen-bond donors (Lipinski definition) is 1. The van der Waals surface area contributed by atoms with E-state index in [0.29, 0.717) is 0 Å². The number of carbonyl (C=O) groups is 1. The zero-order chi connectivity index (χ0) is 11.0. The van der Waals surface area contributed by atoms with Gasteiger partial charge >= 0.3 is 5.97 Å². The minimum atomic E-state index is -3.26. The lowest BCUT2D eigenvalue weighted by Gasteiger charge is -2.32. The molecule has 0 aromatic carbocycles. The average Bonchev–Trinajstić information content (AvgIpc) is 2.26. The molecule has 0 amide bonds. The Balaban J connectivity index is 2.98. The third-order valence-electron chi connectivity index (χ3n) is 2.39. The van der Waals surface area contributed by atoms with Crippen LogP contribution in [0.25, 0.3) is 0 Å². The van der Waals surface area contributed by atoms with Crippen LogP contribution < -0.4 is 0 Å². The molecule has 0 aliphatic heterocycles. The van der Waals surface area contributed by atoms with E-state index >= 15 is 0 Å². The first-order valence-corrected chi connectivity index (χ1v) is 4.61. The van der Waals surface area contributed by atoms with Crippen molar-refractivity contribution in [3.63, 3.8) is 0 Å². The smallest absolute Gasteiger partial charge is 0.342 e. The minimum Gasteiger partial charge on any atom is -0.479 e. The third-order valence-corrected chi connectivity index (χ3v) is 2.39. The fraction of sp³-hybridized carbons (Fsp3) is 0.889. The maximum atomic E-state index is 13.4. The van der Waals surface area contributed by atoms with Gasteiger partial charge in [-0.25, -0.2) is 13.6 Å². The summed E-state index contributed by atoms with van der Waals surface area (Å²) in [5.74, 6) is -4.82. The highest BCUT2D eigenvalue weighted by molar-refractivity contribution is 5.79. The second-order valence-electron chi connectivity index (χ2n) is 3.86. The number of alkyl halides is 2. The van der Waals surface area contributed by atoms with Gasteiger partial charge < -0.3 is 9.84 Å². The second kappa shape index (κ2) is 3.46. The Hall–Kier alpha value is -0.710. The van der Waals surface area contributed by atoms with Crippen molar-refractivity contribution in [3.8, 4) is 0 Å². The summed E-state index contributed by atoms with van der Waals surface area (Å²) in [6, 6.07) is 0. The third kappa shape index (κ3) is 1.61. The molecular weight excluding hydrogens is 194 g/mol. The molecule has 1 aliphatic rings. The molecule has 0 heterocycles. The van der Waals surface area contributed by atoms with Gasteiger partial charge in [-0.05, 0) is 26.7 Å². The fourth-order valence-electron chi connectivity index (χ4n) is 1.81. The highest BCUT2D eigenvalue weighted by Crippen LogP contribution is 2.47. The molecule has 0 saturated heterocycles. The standard InChI is InChI=1S/C9H14F2O3/c1-6(2)14-8(7(12)13)4-3-5-9(8,10)11/h6H,3-5H2,1-2H3,(H,12,13). The van der Waals surface area contributed by atoms with Crippen LogP contribution in [0.2, 0.25) is 0 Å². The summed E-state index contributed by atoms with van der Waals surface area (Å²) in [7, 11) is 0. The maximum Gasteiger partial charge on any atom is 0.342 e. The van der Waals surface area contributed by atoms with E-state index in [9.17, 15) is 13.6 Å². The molecule has 0 aromatic heterocycles. The maximum absolute atomic E-state index is 13.4. The predicted molar refractivity (Wildman–Crippen MR) is 45.4 cm³/mol. The van der Waals surface area contributed by atoms with E-state index in [1.54, 1.807) is 13.8 Å². The Morgan fingerprint density at radius 3 is 2.29 bits per heavy atom. The van der Waals surface area contributed by atoms with Gasteiger partial charge in [0.25, 0.3) is 5.92 Å². The number of carboxylic acid groups (broad SMARTS) is 1. The molecule has 1 fully saturated rings. The van der Waals surface area contributed by atoms with Crippen LogP contribution in [0.5, 0.6) is 0 Å². The molecule has 3 nitrogen and oxygen atoms in total. The number of hydrogen-bond acceptors (Lipinski definition) is 2. The molecule has 1 rings (SSSR count). The van der Waals surface area contributed by atoms with Gasteiger partial charge in [-0.1, -0.05) is 0 Å². The molecule has 0 bridgehead atoms. The number of rotatable bonds is 3. The van der Waals surface area contributed by atoms with Gasteiger partial charge in [0.15, 0.2) is 0 Å². The van der Waals surface area contributed by atoms with Crippen LogP contribution in [0, 0.1) is 0 Å². The Bertz CT molecular complexity index is 240. The number of carboxylic acids is 1. The Labute approximate surface area is 81.1 Å². The van der Waals surface area contributed by atoms with Crippen molar-refractivity contribution in [2.45, 2.75) is 50.7 Å². The first-order chi connectivity index (χ1) is 6.32. The summed E-state index contributed by atoms with van der Waals surface area (Å²) in [5.41, 5.74) is -2.30. The van der Waals surface area contributed by atoms with Crippen LogP contribution in [0.4, 0.5) is 8.78 Å². The van der Waals surface area contributed by atoms with Crippen LogP contribution in [0.3, 0.4) is 0 Å². The molecule has 1 aliphatic carbocycles. The number of aliphatic carboxylic acids is 1. The molecule has 1 N–H and O–H groups in total. The first-order valence-electron chi connectivity index (χ1n) is 4.61. The van der Waals surface area contributed by atoms with Gasteiger partial charge in [0.05, 0.1) is 6.10 Å². The molecule has 5 heteroatoms. The number of halogens is 2. The monoisotopic (exact) mass is 208 g/mol. The molecular formula is C9H14F2O3. The van der Waals surface area contributed by atoms with Crippen LogP contribution in [0.15, 0.2) is 0 Å². The Morgan fingerprint density at radius 1 is 1.43 bits per heavy atom. The molecule has 1 saturated carbocycles. The Kier molecular flexibility index (Phi) is 2.81. The van der Waals surface area contributed by atoms with Gasteiger partial charge in [-0.2, -0.15) is 0 Å². The molecule has 1 unspecified atom stereocenters. The zero-order valence-corrected chi connectivity index (χ0v) is 8.22. The fourth-order valence-corrected chi connectivity index (χ4v) is 1.81. The molecule has 82 valence electrons. The van der Waals surface area contributed by atoms with Crippen molar-refractivity contribution in [3.05, 3.63) is 0 Å². The van der Waals surface area contributed by atoms with Gasteiger partial charge in [0.1, 0.15) is 0 Å². The van der Waals surface area contributed by atoms with E-state index in [1.165, 1.54) is 0 Å². The average molecular weight is 208 g/mol. The van der Waals surface area contributed by atoms with Crippen LogP contribution in [0.1, 0.15) is 33.1 Å². The topological polar surface area (TPSA) is 46.5 Å². The van der Waals surface area contributed by atoms with Crippen LogP contribution in [-0.2, 0) is 9.53 Å². The van der Waals surface area contributed by atoms with Gasteiger partial charge in [0.2, 0.25) is 5.60 Å². The molecule has 0 aromatic rings. The zero-order valence-electron chi connectivity index (χ0n) is 8.22. The van der Waals surface area contributed by atoms with Crippen molar-refractivity contribution < 1.29 is 23.4 Å². The van der Waals surface area contributed by atoms with Gasteiger partial charge in [-0.3, -0.25) is 0 Å². The SMILES string of the molecule is CC(C)OC1(C(=O)O)CCCC1(F)F. The lowest BCUT2D eigenvalue weighted by atomic mass is 9.98. The lowest BCUT2D eigenvalue weighted by Crippen LogP contribution is -2.53. The van der Waals surface area contributed by atoms with E-state index in [0.717, 1.165) is 0 Å². The van der Waals surface area contributed by atoms with Crippen molar-refractivity contribution in [1.82, 2.24) is 0 Å². The highest BCUT2D eigenvalue weighted by atomic mass is 19.3. The van der Waals surface area contributed by atoms with Crippen molar-refractivity contribution >= 4 is 5.97 Å². The lowest BCUT2D eigenvalue weighted by molar-refractivity contribution is -0.221. The van der Waals surface area contributed by atoms with Crippen LogP contribution >= 0.6 is 0 Å². The summed E-state index contributed by atoms with van der Waals surface area (Å²) in [6.07, 6.45) is -0.860. The second-order valence-corrected chi connectivity index (χ2v) is 3.86. The summed E-state index contributed by atoms with van der Waals surface area (Å²) in [5, 5.41) is 8.84. The molecule has 1 atom stereocenters. The summed E-state index contributed by atoms with van der Waals surface area (Å²) >= 11 is 0. The molecule has 0 radical (unpaired) electrons. The summed E-state index contributed by atoms with van der Waals surface area (Å²) in [6.45, 7) is 3.11. The highest BCUT2D eigenvalue weighted by Gasteiger charge is 2.64. The van der Waals surface area contributed by atoms with E-state index in [4.69, 9.17) is 9.84 Å². The summed E-state index contributed by atoms with van der Waals surface area (Å²) in [4.78, 5) is 10.9. The summed E-state index contributed by atoms with van der Waals surface area (Å²) < 4.78 is 31.7. The van der Waals surface area contributed by atoms with Crippen molar-refractivity contribution in [2.75, 3.05) is 0 Å². The van der Waals surface area contributed by atoms with Gasteiger partial charge in [0, 0.05) is 6.42 Å². The molecule has 14 heavy (non-hydrogen) atoms.